The number of fused-ring (bicyclic) bond motifs is 2. The van der Waals surface area contributed by atoms with Gasteiger partial charge in [0.15, 0.2) is 11.5 Å². The number of rotatable bonds is 7. The highest BCUT2D eigenvalue weighted by Gasteiger charge is 2.34. The van der Waals surface area contributed by atoms with Crippen molar-refractivity contribution in [2.75, 3.05) is 20.5 Å². The van der Waals surface area contributed by atoms with E-state index in [0.717, 1.165) is 23.5 Å². The molecule has 220 valence electrons. The quantitative estimate of drug-likeness (QED) is 0.283. The Hall–Kier alpha value is -4.57. The zero-order valence-electron chi connectivity index (χ0n) is 22.0. The molecule has 1 amide bonds. The van der Waals surface area contributed by atoms with Crippen LogP contribution in [0.2, 0.25) is 0 Å². The number of halogens is 3. The van der Waals surface area contributed by atoms with E-state index < -0.39 is 50.3 Å². The van der Waals surface area contributed by atoms with Crippen LogP contribution in [0.15, 0.2) is 56.7 Å². The number of hydrogen-bond donors (Lipinski definition) is 2. The van der Waals surface area contributed by atoms with Crippen LogP contribution in [-0.4, -0.2) is 48.9 Å². The van der Waals surface area contributed by atoms with Crippen molar-refractivity contribution in [1.82, 2.24) is 18.8 Å². The number of aromatic nitrogens is 3. The third kappa shape index (κ3) is 5.02. The zero-order valence-corrected chi connectivity index (χ0v) is 23.7. The molecule has 11 nitrogen and oxygen atoms in total. The lowest BCUT2D eigenvalue weighted by Gasteiger charge is -2.16. The predicted octanol–water partition coefficient (Wildman–Crippen LogP) is 3.47. The molecule has 0 unspecified atom stereocenters. The molecular weight excluding hydrogens is 601 g/mol. The molecule has 5 rings (SSSR count). The maximum Gasteiger partial charge on any atom is 0.416 e. The molecule has 0 saturated carbocycles. The van der Waals surface area contributed by atoms with E-state index in [1.165, 1.54) is 29.5 Å². The number of para-hydroxylation sites is 1. The predicted molar refractivity (Wildman–Crippen MR) is 149 cm³/mol. The lowest BCUT2D eigenvalue weighted by Crippen LogP contribution is -2.37. The van der Waals surface area contributed by atoms with Gasteiger partial charge >= 0.3 is 11.9 Å². The molecule has 0 aliphatic rings. The van der Waals surface area contributed by atoms with Crippen LogP contribution in [-0.2, 0) is 22.7 Å². The number of sulfonamides is 1. The number of carbonyl (C=O) groups is 1. The Morgan fingerprint density at radius 3 is 2.45 bits per heavy atom. The second-order valence-corrected chi connectivity index (χ2v) is 11.6. The molecule has 3 heterocycles. The summed E-state index contributed by atoms with van der Waals surface area (Å²) in [4.78, 5) is 43.0. The average Bonchev–Trinajstić information content (AvgIpc) is 3.50. The van der Waals surface area contributed by atoms with E-state index in [9.17, 15) is 36.0 Å². The van der Waals surface area contributed by atoms with Crippen LogP contribution in [0.4, 0.5) is 13.2 Å². The van der Waals surface area contributed by atoms with Crippen molar-refractivity contribution >= 4 is 49.1 Å². The molecule has 5 aromatic rings. The first kappa shape index (κ1) is 28.9. The van der Waals surface area contributed by atoms with Crippen molar-refractivity contribution in [3.8, 4) is 17.2 Å². The smallest absolute Gasteiger partial charge is 0.416 e. The first-order valence-corrected chi connectivity index (χ1v) is 14.8. The van der Waals surface area contributed by atoms with Gasteiger partial charge in [0.05, 0.1) is 54.7 Å². The van der Waals surface area contributed by atoms with Crippen LogP contribution < -0.4 is 25.4 Å². The molecular formula is C26H21F3N4O7S2. The minimum absolute atomic E-state index is 0.00163. The standard InChI is InChI=1S/C26H21F3N4O7S2/c1-39-19-6-4-5-13(22(19)40-2)10-32-18-8-7-14(26(27,28)29)9-15(18)20(21(32)23(34)31-42(3,37)38)33-24(35)16-11-41-12-17(16)30-25(33)36/h4-9,11-12H,10H2,1-3H3,(H,30,36)(H,31,34). The average molecular weight is 623 g/mol. The minimum atomic E-state index is -4.83. The highest BCUT2D eigenvalue weighted by Crippen LogP contribution is 2.38. The molecule has 3 aromatic heterocycles. The topological polar surface area (TPSA) is 141 Å². The molecule has 0 aliphatic carbocycles. The van der Waals surface area contributed by atoms with Crippen LogP contribution >= 0.6 is 11.3 Å². The fourth-order valence-corrected chi connectivity index (χ4v) is 5.93. The molecule has 0 radical (unpaired) electrons. The molecule has 0 bridgehead atoms. The van der Waals surface area contributed by atoms with Crippen LogP contribution in [0.3, 0.4) is 0 Å². The van der Waals surface area contributed by atoms with Gasteiger partial charge in [0.2, 0.25) is 10.0 Å². The van der Waals surface area contributed by atoms with E-state index in [4.69, 9.17) is 9.47 Å². The fraction of sp³-hybridized carbons (Fsp3) is 0.192. The highest BCUT2D eigenvalue weighted by atomic mass is 32.2. The number of nitrogens with zero attached hydrogens (tertiary/aromatic N) is 2. The van der Waals surface area contributed by atoms with Gasteiger partial charge in [-0.3, -0.25) is 9.59 Å². The fourth-order valence-electron chi connectivity index (χ4n) is 4.75. The molecule has 0 fully saturated rings. The van der Waals surface area contributed by atoms with Gasteiger partial charge in [-0.1, -0.05) is 12.1 Å². The summed E-state index contributed by atoms with van der Waals surface area (Å²) >= 11 is 1.10. The number of carbonyl (C=O) groups excluding carboxylic acids is 1. The summed E-state index contributed by atoms with van der Waals surface area (Å²) in [6.45, 7) is -0.262. The summed E-state index contributed by atoms with van der Waals surface area (Å²) in [7, 11) is -1.45. The Morgan fingerprint density at radius 2 is 1.81 bits per heavy atom. The number of ether oxygens (including phenoxy) is 2. The molecule has 2 N–H and O–H groups in total. The highest BCUT2D eigenvalue weighted by molar-refractivity contribution is 7.89. The second-order valence-electron chi connectivity index (χ2n) is 9.14. The first-order valence-electron chi connectivity index (χ1n) is 11.9. The van der Waals surface area contributed by atoms with E-state index >= 15 is 0 Å². The molecule has 16 heteroatoms. The van der Waals surface area contributed by atoms with Gasteiger partial charge in [-0.25, -0.2) is 22.5 Å². The lowest BCUT2D eigenvalue weighted by molar-refractivity contribution is -0.137. The van der Waals surface area contributed by atoms with Crippen LogP contribution in [0.5, 0.6) is 11.5 Å². The number of aromatic amines is 1. The van der Waals surface area contributed by atoms with Crippen LogP contribution in [0.25, 0.3) is 27.5 Å². The number of hydrogen-bond acceptors (Lipinski definition) is 8. The van der Waals surface area contributed by atoms with Gasteiger partial charge < -0.3 is 19.0 Å². The van der Waals surface area contributed by atoms with E-state index in [1.807, 2.05) is 4.72 Å². The van der Waals surface area contributed by atoms with Crippen molar-refractivity contribution in [3.63, 3.8) is 0 Å². The van der Waals surface area contributed by atoms with E-state index in [-0.39, 0.29) is 34.1 Å². The third-order valence-electron chi connectivity index (χ3n) is 6.43. The number of nitrogens with one attached hydrogen (secondary N) is 2. The van der Waals surface area contributed by atoms with Crippen LogP contribution in [0.1, 0.15) is 21.6 Å². The van der Waals surface area contributed by atoms with E-state index in [0.29, 0.717) is 28.2 Å². The summed E-state index contributed by atoms with van der Waals surface area (Å²) in [5, 5.41) is 2.67. The summed E-state index contributed by atoms with van der Waals surface area (Å²) in [5.41, 5.74) is -3.59. The summed E-state index contributed by atoms with van der Waals surface area (Å²) in [6.07, 6.45) is -4.12. The van der Waals surface area contributed by atoms with Gasteiger partial charge in [0, 0.05) is 21.7 Å². The van der Waals surface area contributed by atoms with Gasteiger partial charge in [-0.05, 0) is 24.3 Å². The Kier molecular flexibility index (Phi) is 7.14. The largest absolute Gasteiger partial charge is 0.493 e. The maximum atomic E-state index is 13.9. The lowest BCUT2D eigenvalue weighted by atomic mass is 10.1. The normalized spacial score (nSPS) is 12.1. The molecule has 42 heavy (non-hydrogen) atoms. The number of H-pyrrole nitrogens is 1. The number of alkyl halides is 3. The molecule has 2 aromatic carbocycles. The van der Waals surface area contributed by atoms with Gasteiger partial charge in [-0.15, -0.1) is 11.3 Å². The van der Waals surface area contributed by atoms with Gasteiger partial charge in [-0.2, -0.15) is 13.2 Å². The SMILES string of the molecule is COc1cccc(Cn2c(C(=O)NS(C)(=O)=O)c(-n3c(=O)[nH]c4cscc4c3=O)c3cc(C(F)(F)F)ccc32)c1OC. The number of benzene rings is 2. The molecule has 0 spiro atoms. The Bertz CT molecular complexity index is 2110. The number of amides is 1. The minimum Gasteiger partial charge on any atom is -0.493 e. The van der Waals surface area contributed by atoms with Crippen molar-refractivity contribution in [2.45, 2.75) is 12.7 Å². The van der Waals surface area contributed by atoms with Crippen molar-refractivity contribution in [3.05, 3.63) is 84.8 Å². The Balaban J connectivity index is 1.96. The van der Waals surface area contributed by atoms with Gasteiger partial charge in [0.25, 0.3) is 11.5 Å². The van der Waals surface area contributed by atoms with Crippen molar-refractivity contribution in [1.29, 1.82) is 0 Å². The van der Waals surface area contributed by atoms with Crippen LogP contribution in [0, 0.1) is 0 Å². The zero-order chi connectivity index (χ0) is 30.6. The number of methoxy groups -OCH3 is 2. The summed E-state index contributed by atoms with van der Waals surface area (Å²) < 4.78 is 80.2. The van der Waals surface area contributed by atoms with Gasteiger partial charge in [0.1, 0.15) is 5.69 Å². The molecule has 0 aliphatic heterocycles. The molecule has 0 atom stereocenters. The van der Waals surface area contributed by atoms with E-state index in [2.05, 4.69) is 4.98 Å². The van der Waals surface area contributed by atoms with E-state index in [1.54, 1.807) is 18.2 Å². The first-order chi connectivity index (χ1) is 19.7. The van der Waals surface area contributed by atoms with Crippen molar-refractivity contribution < 1.29 is 35.9 Å². The Labute approximate surface area is 238 Å². The summed E-state index contributed by atoms with van der Waals surface area (Å²) in [6, 6.07) is 7.37. The monoisotopic (exact) mass is 622 g/mol. The number of thiophene rings is 1. The summed E-state index contributed by atoms with van der Waals surface area (Å²) in [5.74, 6) is -0.737. The third-order valence-corrected chi connectivity index (χ3v) is 7.73. The molecule has 0 saturated heterocycles. The second kappa shape index (κ2) is 10.4. The van der Waals surface area contributed by atoms with Crippen molar-refractivity contribution in [2.24, 2.45) is 0 Å². The Morgan fingerprint density at radius 1 is 1.07 bits per heavy atom. The maximum absolute atomic E-state index is 13.9.